The van der Waals surface area contributed by atoms with Crippen LogP contribution in [0.5, 0.6) is 0 Å². The first kappa shape index (κ1) is 27.8. The van der Waals surface area contributed by atoms with Crippen LogP contribution in [0.25, 0.3) is 27.2 Å². The fourth-order valence-electron chi connectivity index (χ4n) is 5.15. The zero-order valence-electron chi connectivity index (χ0n) is 21.7. The quantitative estimate of drug-likeness (QED) is 0.248. The van der Waals surface area contributed by atoms with Crippen LogP contribution in [0.2, 0.25) is 5.02 Å². The molecule has 0 saturated carbocycles. The first-order valence-electron chi connectivity index (χ1n) is 12.6. The summed E-state index contributed by atoms with van der Waals surface area (Å²) in [7, 11) is 0. The summed E-state index contributed by atoms with van der Waals surface area (Å²) in [6.45, 7) is 3.39. The summed E-state index contributed by atoms with van der Waals surface area (Å²) >= 11 is 7.14. The molecule has 1 saturated heterocycles. The van der Waals surface area contributed by atoms with E-state index in [4.69, 9.17) is 16.3 Å². The normalized spacial score (nSPS) is 23.0. The van der Waals surface area contributed by atoms with Crippen LogP contribution in [0.3, 0.4) is 0 Å². The maximum absolute atomic E-state index is 14.1. The van der Waals surface area contributed by atoms with Crippen molar-refractivity contribution in [2.24, 2.45) is 0 Å². The molecule has 1 aliphatic rings. The van der Waals surface area contributed by atoms with Crippen molar-refractivity contribution in [3.63, 3.8) is 0 Å². The van der Waals surface area contributed by atoms with Crippen molar-refractivity contribution in [1.29, 1.82) is 0 Å². The zero-order valence-corrected chi connectivity index (χ0v) is 23.3. The smallest absolute Gasteiger partial charge is 0.169 e. The molecule has 0 spiro atoms. The third-order valence-corrected chi connectivity index (χ3v) is 8.36. The van der Waals surface area contributed by atoms with Crippen LogP contribution in [-0.4, -0.2) is 75.0 Å². The van der Waals surface area contributed by atoms with E-state index in [0.717, 1.165) is 33.0 Å². The Morgan fingerprint density at radius 2 is 1.80 bits per heavy atom. The molecule has 0 amide bonds. The van der Waals surface area contributed by atoms with Gasteiger partial charge in [0.05, 0.1) is 33.2 Å². The van der Waals surface area contributed by atoms with Gasteiger partial charge >= 0.3 is 0 Å². The Bertz CT molecular complexity index is 1720. The highest BCUT2D eigenvalue weighted by molar-refractivity contribution is 7.18. The minimum atomic E-state index is -1.41. The summed E-state index contributed by atoms with van der Waals surface area (Å²) in [6.07, 6.45) is -3.35. The lowest BCUT2D eigenvalue weighted by Crippen LogP contribution is -2.52. The van der Waals surface area contributed by atoms with Crippen LogP contribution in [0.4, 0.5) is 8.78 Å². The molecule has 0 unspecified atom stereocenters. The second-order valence-electron chi connectivity index (χ2n) is 9.74. The Labute approximate surface area is 240 Å². The minimum absolute atomic E-state index is 0.0509. The van der Waals surface area contributed by atoms with Gasteiger partial charge in [0.2, 0.25) is 0 Å². The summed E-state index contributed by atoms with van der Waals surface area (Å²) in [6, 6.07) is 6.60. The predicted molar refractivity (Wildman–Crippen MR) is 145 cm³/mol. The molecule has 0 bridgehead atoms. The van der Waals surface area contributed by atoms with Crippen molar-refractivity contribution in [1.82, 2.24) is 34.7 Å². The number of nitrogens with zero attached hydrogens (tertiary/aromatic N) is 7. The Hall–Kier alpha value is -3.40. The first-order valence-corrected chi connectivity index (χ1v) is 13.8. The van der Waals surface area contributed by atoms with Gasteiger partial charge in [-0.05, 0) is 50.6 Å². The van der Waals surface area contributed by atoms with Crippen molar-refractivity contribution in [2.45, 2.75) is 50.7 Å². The summed E-state index contributed by atoms with van der Waals surface area (Å²) in [5, 5.41) is 49.3. The lowest BCUT2D eigenvalue weighted by atomic mass is 9.90. The molecule has 1 fully saturated rings. The van der Waals surface area contributed by atoms with Crippen molar-refractivity contribution >= 4 is 33.2 Å². The van der Waals surface area contributed by atoms with E-state index in [1.54, 1.807) is 11.5 Å². The standard InChI is InChI=1S/C26H24ClF2N7O4S/c1-11-31-33-26(36(11)14-3-4-17-20(9-14)41-12(2)30-17)25-24(39)22(23(38)19(40-25)5-6-37)35-10-18(32-34-35)13-7-15(28)21(27)16(29)8-13/h3-4,7-10,19,22-25,37-39H,5-6H2,1-2H3/t19-,22+,23+,24-,25-/m1/s1. The first-order chi connectivity index (χ1) is 19.7. The fourth-order valence-corrected chi connectivity index (χ4v) is 6.12. The Morgan fingerprint density at radius 3 is 2.54 bits per heavy atom. The van der Waals surface area contributed by atoms with Gasteiger partial charge < -0.3 is 20.1 Å². The highest BCUT2D eigenvalue weighted by Crippen LogP contribution is 2.40. The number of fused-ring (bicyclic) bond motifs is 1. The Balaban J connectivity index is 1.40. The van der Waals surface area contributed by atoms with E-state index in [0.29, 0.717) is 5.82 Å². The van der Waals surface area contributed by atoms with Crippen LogP contribution in [0.1, 0.15) is 35.2 Å². The molecule has 214 valence electrons. The van der Waals surface area contributed by atoms with E-state index >= 15 is 0 Å². The molecular weight excluding hydrogens is 580 g/mol. The van der Waals surface area contributed by atoms with Gasteiger partial charge in [-0.1, -0.05) is 16.8 Å². The molecule has 11 nitrogen and oxygen atoms in total. The van der Waals surface area contributed by atoms with Gasteiger partial charge in [0.1, 0.15) is 52.5 Å². The molecule has 0 aliphatic carbocycles. The molecule has 15 heteroatoms. The summed E-state index contributed by atoms with van der Waals surface area (Å²) < 4.78 is 38.2. The molecule has 0 radical (unpaired) electrons. The van der Waals surface area contributed by atoms with Crippen LogP contribution in [0.15, 0.2) is 36.5 Å². The third kappa shape index (κ3) is 4.90. The molecule has 1 aliphatic heterocycles. The number of benzene rings is 2. The van der Waals surface area contributed by atoms with Crippen molar-refractivity contribution in [2.75, 3.05) is 6.61 Å². The topological polar surface area (TPSA) is 144 Å². The van der Waals surface area contributed by atoms with Gasteiger partial charge in [-0.3, -0.25) is 4.57 Å². The van der Waals surface area contributed by atoms with Crippen molar-refractivity contribution in [3.05, 3.63) is 69.8 Å². The molecule has 5 aromatic rings. The highest BCUT2D eigenvalue weighted by atomic mass is 35.5. The number of ether oxygens (including phenoxy) is 1. The number of hydrogen-bond donors (Lipinski definition) is 3. The monoisotopic (exact) mass is 603 g/mol. The molecule has 5 atom stereocenters. The second-order valence-corrected chi connectivity index (χ2v) is 11.4. The van der Waals surface area contributed by atoms with Crippen molar-refractivity contribution < 1.29 is 28.8 Å². The highest BCUT2D eigenvalue weighted by Gasteiger charge is 2.48. The third-order valence-electron chi connectivity index (χ3n) is 7.06. The van der Waals surface area contributed by atoms with E-state index in [9.17, 15) is 24.1 Å². The summed E-state index contributed by atoms with van der Waals surface area (Å²) in [5.74, 6) is -1.12. The summed E-state index contributed by atoms with van der Waals surface area (Å²) in [5.41, 5.74) is 1.74. The van der Waals surface area contributed by atoms with Crippen molar-refractivity contribution in [3.8, 4) is 16.9 Å². The van der Waals surface area contributed by atoms with E-state index in [1.807, 2.05) is 25.1 Å². The Morgan fingerprint density at radius 1 is 1.05 bits per heavy atom. The zero-order chi connectivity index (χ0) is 29.0. The molecule has 4 heterocycles. The molecule has 3 N–H and O–H groups in total. The average Bonchev–Trinajstić information content (AvgIpc) is 3.66. The number of hydrogen-bond acceptors (Lipinski definition) is 10. The predicted octanol–water partition coefficient (Wildman–Crippen LogP) is 3.47. The maximum Gasteiger partial charge on any atom is 0.169 e. The fraction of sp³-hybridized carbons (Fsp3) is 0.346. The number of aliphatic hydroxyl groups excluding tert-OH is 3. The molecule has 41 heavy (non-hydrogen) atoms. The van der Waals surface area contributed by atoms with Gasteiger partial charge in [0, 0.05) is 12.2 Å². The van der Waals surface area contributed by atoms with Gasteiger partial charge in [-0.15, -0.1) is 26.6 Å². The van der Waals surface area contributed by atoms with Gasteiger partial charge in [0.15, 0.2) is 5.82 Å². The molecule has 2 aromatic carbocycles. The van der Waals surface area contributed by atoms with Crippen LogP contribution < -0.4 is 0 Å². The maximum atomic E-state index is 14.1. The van der Waals surface area contributed by atoms with E-state index in [2.05, 4.69) is 25.5 Å². The molecule has 6 rings (SSSR count). The number of halogens is 3. The number of aromatic nitrogens is 7. The summed E-state index contributed by atoms with van der Waals surface area (Å²) in [4.78, 5) is 4.50. The van der Waals surface area contributed by atoms with E-state index in [1.165, 1.54) is 22.2 Å². The van der Waals surface area contributed by atoms with Crippen LogP contribution >= 0.6 is 22.9 Å². The van der Waals surface area contributed by atoms with E-state index < -0.39 is 47.1 Å². The van der Waals surface area contributed by atoms with Gasteiger partial charge in [-0.2, -0.15) is 0 Å². The average molecular weight is 604 g/mol. The lowest BCUT2D eigenvalue weighted by molar-refractivity contribution is -0.205. The van der Waals surface area contributed by atoms with Crippen LogP contribution in [-0.2, 0) is 4.74 Å². The minimum Gasteiger partial charge on any atom is -0.396 e. The molecular formula is C26H24ClF2N7O4S. The number of rotatable bonds is 6. The van der Waals surface area contributed by atoms with E-state index in [-0.39, 0.29) is 30.1 Å². The Kier molecular flexibility index (Phi) is 7.30. The second kappa shape index (κ2) is 10.8. The van der Waals surface area contributed by atoms with Gasteiger partial charge in [0.25, 0.3) is 0 Å². The SMILES string of the molecule is Cc1nc2ccc(-n3c(C)nnc3[C@@H]3O[C@H](CCO)[C@H](O)[C@H](n4cc(-c5cc(F)c(Cl)c(F)c5)nn4)[C@H]3O)cc2s1. The van der Waals surface area contributed by atoms with Gasteiger partial charge in [-0.25, -0.2) is 18.4 Å². The molecule has 3 aromatic heterocycles. The van der Waals surface area contributed by atoms with Crippen LogP contribution in [0, 0.1) is 25.5 Å². The lowest BCUT2D eigenvalue weighted by Gasteiger charge is -2.42. The number of aryl methyl sites for hydroxylation is 2. The number of thiazole rings is 1. The largest absolute Gasteiger partial charge is 0.396 e. The number of aliphatic hydroxyl groups is 3.